The third kappa shape index (κ3) is 4.02. The molecule has 2 N–H and O–H groups in total. The summed E-state index contributed by atoms with van der Waals surface area (Å²) in [5.41, 5.74) is 3.56. The average Bonchev–Trinajstić information content (AvgIpc) is 3.01. The Morgan fingerprint density at radius 1 is 1.17 bits per heavy atom. The first-order valence-corrected chi connectivity index (χ1v) is 10.5. The van der Waals surface area contributed by atoms with Crippen LogP contribution in [0, 0.1) is 0 Å². The first-order chi connectivity index (χ1) is 14.1. The number of nitrogens with one attached hydrogen (secondary N) is 1. The van der Waals surface area contributed by atoms with Crippen LogP contribution in [0.1, 0.15) is 29.5 Å². The minimum absolute atomic E-state index is 0.0585. The lowest BCUT2D eigenvalue weighted by Gasteiger charge is -2.42. The lowest BCUT2D eigenvalue weighted by Crippen LogP contribution is -2.49. The second kappa shape index (κ2) is 8.56. The van der Waals surface area contributed by atoms with Crippen molar-refractivity contribution in [3.63, 3.8) is 0 Å². The second-order valence-corrected chi connectivity index (χ2v) is 8.22. The van der Waals surface area contributed by atoms with Crippen LogP contribution in [0.5, 0.6) is 5.75 Å². The van der Waals surface area contributed by atoms with E-state index < -0.39 is 0 Å². The Balaban J connectivity index is 1.26. The van der Waals surface area contributed by atoms with Gasteiger partial charge >= 0.3 is 0 Å². The topological polar surface area (TPSA) is 61.8 Å². The molecule has 0 radical (unpaired) electrons. The van der Waals surface area contributed by atoms with Crippen LogP contribution in [0.3, 0.4) is 0 Å². The third-order valence-corrected chi connectivity index (χ3v) is 6.63. The molecule has 2 aromatic rings. The number of likely N-dealkylation sites (tertiary alicyclic amines) is 1. The summed E-state index contributed by atoms with van der Waals surface area (Å²) < 4.78 is 5.36. The Hall–Kier alpha value is -2.37. The van der Waals surface area contributed by atoms with Gasteiger partial charge in [-0.2, -0.15) is 0 Å². The number of aliphatic hydroxyl groups excluding tert-OH is 1. The number of methoxy groups -OCH3 is 1. The molecule has 0 unspecified atom stereocenters. The van der Waals surface area contributed by atoms with Crippen LogP contribution in [0.25, 0.3) is 0 Å². The van der Waals surface area contributed by atoms with Gasteiger partial charge in [0.1, 0.15) is 5.75 Å². The van der Waals surface area contributed by atoms with Crippen molar-refractivity contribution in [1.82, 2.24) is 10.2 Å². The quantitative estimate of drug-likeness (QED) is 0.789. The Kier molecular flexibility index (Phi) is 5.88. The fourth-order valence-corrected chi connectivity index (χ4v) is 4.99. The number of rotatable bonds is 6. The molecule has 1 saturated heterocycles. The molecular formula is C24H30N2O3. The van der Waals surface area contributed by atoms with Gasteiger partial charge in [0.05, 0.1) is 19.8 Å². The van der Waals surface area contributed by atoms with Crippen molar-refractivity contribution in [1.29, 1.82) is 0 Å². The summed E-state index contributed by atoms with van der Waals surface area (Å²) >= 11 is 0. The van der Waals surface area contributed by atoms with Gasteiger partial charge in [0.2, 0.25) is 5.91 Å². The van der Waals surface area contributed by atoms with E-state index in [1.54, 1.807) is 7.11 Å². The van der Waals surface area contributed by atoms with Crippen LogP contribution < -0.4 is 10.1 Å². The molecule has 0 bridgehead atoms. The number of fused-ring (bicyclic) bond motifs is 2. The summed E-state index contributed by atoms with van der Waals surface area (Å²) in [4.78, 5) is 14.6. The lowest BCUT2D eigenvalue weighted by atomic mass is 9.72. The minimum Gasteiger partial charge on any atom is -0.496 e. The molecule has 1 amide bonds. The maximum Gasteiger partial charge on any atom is 0.234 e. The van der Waals surface area contributed by atoms with E-state index in [0.29, 0.717) is 13.1 Å². The summed E-state index contributed by atoms with van der Waals surface area (Å²) in [5, 5.41) is 13.8. The highest BCUT2D eigenvalue weighted by atomic mass is 16.5. The molecule has 4 rings (SSSR count). The highest BCUT2D eigenvalue weighted by Crippen LogP contribution is 2.46. The van der Waals surface area contributed by atoms with E-state index in [9.17, 15) is 9.90 Å². The Bertz CT molecular complexity index is 859. The highest BCUT2D eigenvalue weighted by Gasteiger charge is 2.47. The minimum atomic E-state index is -0.309. The van der Waals surface area contributed by atoms with Crippen molar-refractivity contribution in [2.75, 3.05) is 33.3 Å². The molecule has 154 valence electrons. The Labute approximate surface area is 172 Å². The SMILES string of the molecule is COc1ccccc1CCNC(=O)CN1CCC2(CC1)c1ccccc1C[C@@H]2O. The number of nitrogens with zero attached hydrogens (tertiary/aromatic N) is 1. The zero-order valence-electron chi connectivity index (χ0n) is 17.1. The molecule has 5 nitrogen and oxygen atoms in total. The zero-order chi connectivity index (χ0) is 20.3. The molecule has 0 saturated carbocycles. The van der Waals surface area contributed by atoms with E-state index in [0.717, 1.165) is 50.1 Å². The van der Waals surface area contributed by atoms with Crippen molar-refractivity contribution in [3.8, 4) is 5.75 Å². The van der Waals surface area contributed by atoms with Crippen LogP contribution >= 0.6 is 0 Å². The predicted molar refractivity (Wildman–Crippen MR) is 113 cm³/mol. The first kappa shape index (κ1) is 19.9. The van der Waals surface area contributed by atoms with E-state index in [2.05, 4.69) is 34.5 Å². The van der Waals surface area contributed by atoms with Gasteiger partial charge in [0.25, 0.3) is 0 Å². The molecule has 2 aromatic carbocycles. The molecule has 29 heavy (non-hydrogen) atoms. The normalized spacial score (nSPS) is 20.4. The number of carbonyl (C=O) groups excluding carboxylic acids is 1. The number of benzene rings is 2. The smallest absolute Gasteiger partial charge is 0.234 e. The number of carbonyl (C=O) groups is 1. The number of ether oxygens (including phenoxy) is 1. The fourth-order valence-electron chi connectivity index (χ4n) is 4.99. The molecule has 2 aliphatic rings. The summed E-state index contributed by atoms with van der Waals surface area (Å²) in [5.74, 6) is 0.918. The number of para-hydroxylation sites is 1. The second-order valence-electron chi connectivity index (χ2n) is 8.22. The first-order valence-electron chi connectivity index (χ1n) is 10.5. The van der Waals surface area contributed by atoms with Gasteiger partial charge < -0.3 is 15.2 Å². The van der Waals surface area contributed by atoms with Crippen LogP contribution in [0.4, 0.5) is 0 Å². The van der Waals surface area contributed by atoms with Gasteiger partial charge in [0.15, 0.2) is 0 Å². The number of hydrogen-bond donors (Lipinski definition) is 2. The summed E-state index contributed by atoms with van der Waals surface area (Å²) in [6.45, 7) is 2.69. The van der Waals surface area contributed by atoms with Crippen LogP contribution in [0.2, 0.25) is 0 Å². The molecule has 1 aliphatic heterocycles. The van der Waals surface area contributed by atoms with E-state index in [-0.39, 0.29) is 17.4 Å². The van der Waals surface area contributed by atoms with Crippen molar-refractivity contribution in [2.45, 2.75) is 37.2 Å². The number of amides is 1. The molecule has 1 spiro atoms. The summed E-state index contributed by atoms with van der Waals surface area (Å²) in [6.07, 6.45) is 3.00. The van der Waals surface area contributed by atoms with Crippen LogP contribution in [0.15, 0.2) is 48.5 Å². The van der Waals surface area contributed by atoms with Gasteiger partial charge in [-0.3, -0.25) is 9.69 Å². The maximum absolute atomic E-state index is 12.4. The van der Waals surface area contributed by atoms with Gasteiger partial charge in [-0.25, -0.2) is 0 Å². The Morgan fingerprint density at radius 2 is 1.90 bits per heavy atom. The van der Waals surface area contributed by atoms with Crippen molar-refractivity contribution >= 4 is 5.91 Å². The molecular weight excluding hydrogens is 364 g/mol. The summed E-state index contributed by atoms with van der Waals surface area (Å²) in [6, 6.07) is 16.3. The van der Waals surface area contributed by atoms with Crippen LogP contribution in [-0.4, -0.2) is 55.3 Å². The molecule has 1 heterocycles. The number of aliphatic hydroxyl groups is 1. The van der Waals surface area contributed by atoms with E-state index in [1.807, 2.05) is 24.3 Å². The molecule has 5 heteroatoms. The Morgan fingerprint density at radius 3 is 2.69 bits per heavy atom. The summed E-state index contributed by atoms with van der Waals surface area (Å²) in [7, 11) is 1.67. The van der Waals surface area contributed by atoms with E-state index in [4.69, 9.17) is 4.74 Å². The van der Waals surface area contributed by atoms with Gasteiger partial charge in [0, 0.05) is 12.0 Å². The fraction of sp³-hybridized carbons (Fsp3) is 0.458. The largest absolute Gasteiger partial charge is 0.496 e. The zero-order valence-corrected chi connectivity index (χ0v) is 17.1. The molecule has 1 aliphatic carbocycles. The van der Waals surface area contributed by atoms with Crippen molar-refractivity contribution in [3.05, 3.63) is 65.2 Å². The number of hydrogen-bond acceptors (Lipinski definition) is 4. The van der Waals surface area contributed by atoms with E-state index >= 15 is 0 Å². The highest BCUT2D eigenvalue weighted by molar-refractivity contribution is 5.78. The third-order valence-electron chi connectivity index (χ3n) is 6.63. The van der Waals surface area contributed by atoms with Crippen molar-refractivity contribution < 1.29 is 14.6 Å². The van der Waals surface area contributed by atoms with Gasteiger partial charge in [-0.1, -0.05) is 42.5 Å². The van der Waals surface area contributed by atoms with Gasteiger partial charge in [-0.15, -0.1) is 0 Å². The van der Waals surface area contributed by atoms with Gasteiger partial charge in [-0.05, 0) is 61.5 Å². The monoisotopic (exact) mass is 394 g/mol. The molecule has 1 atom stereocenters. The lowest BCUT2D eigenvalue weighted by molar-refractivity contribution is -0.122. The number of piperidine rings is 1. The predicted octanol–water partition coefficient (Wildman–Crippen LogP) is 2.30. The molecule has 1 fully saturated rings. The molecule has 0 aromatic heterocycles. The standard InChI is InChI=1S/C24H30N2O3/c1-29-21-9-5-3-6-18(21)10-13-25-23(28)17-26-14-11-24(12-15-26)20-8-4-2-7-19(20)16-22(24)27/h2-9,22,27H,10-17H2,1H3,(H,25,28)/t22-/m0/s1. The van der Waals surface area contributed by atoms with Crippen LogP contribution in [-0.2, 0) is 23.1 Å². The van der Waals surface area contributed by atoms with E-state index in [1.165, 1.54) is 11.1 Å². The average molecular weight is 395 g/mol. The maximum atomic E-state index is 12.4. The van der Waals surface area contributed by atoms with Crippen molar-refractivity contribution in [2.24, 2.45) is 0 Å².